The molecule has 1 saturated heterocycles. The second-order valence-electron chi connectivity index (χ2n) is 10.8. The van der Waals surface area contributed by atoms with E-state index in [1.54, 1.807) is 36.1 Å². The number of amides is 1. The molecular formula is C29H34F3N7O4. The maximum Gasteiger partial charge on any atom is 0.423 e. The van der Waals surface area contributed by atoms with Gasteiger partial charge in [0.15, 0.2) is 0 Å². The van der Waals surface area contributed by atoms with Crippen LogP contribution in [-0.4, -0.2) is 83.1 Å². The lowest BCUT2D eigenvalue weighted by molar-refractivity contribution is -0.138. The van der Waals surface area contributed by atoms with Gasteiger partial charge in [-0.25, -0.2) is 14.6 Å². The molecule has 1 aliphatic heterocycles. The summed E-state index contributed by atoms with van der Waals surface area (Å²) in [6.45, 7) is 3.33. The number of nitrogens with zero attached hydrogens (tertiary/aromatic N) is 6. The number of benzene rings is 1. The highest BCUT2D eigenvalue weighted by atomic mass is 19.4. The van der Waals surface area contributed by atoms with Crippen molar-refractivity contribution in [2.75, 3.05) is 56.7 Å². The third-order valence-corrected chi connectivity index (χ3v) is 7.44. The summed E-state index contributed by atoms with van der Waals surface area (Å²) in [6, 6.07) is 5.96. The van der Waals surface area contributed by atoms with Crippen LogP contribution in [0.1, 0.15) is 42.4 Å². The van der Waals surface area contributed by atoms with E-state index >= 15 is 0 Å². The number of piperazine rings is 1. The number of methoxy groups -OCH3 is 1. The van der Waals surface area contributed by atoms with Crippen LogP contribution in [0.3, 0.4) is 0 Å². The van der Waals surface area contributed by atoms with Crippen LogP contribution in [0.25, 0.3) is 0 Å². The summed E-state index contributed by atoms with van der Waals surface area (Å²) >= 11 is 0. The van der Waals surface area contributed by atoms with Gasteiger partial charge >= 0.3 is 6.18 Å². The second kappa shape index (κ2) is 13.0. The predicted octanol–water partition coefficient (Wildman–Crippen LogP) is 3.15. The summed E-state index contributed by atoms with van der Waals surface area (Å²) in [5.41, 5.74) is -1.30. The van der Waals surface area contributed by atoms with E-state index in [4.69, 9.17) is 9.47 Å². The smallest absolute Gasteiger partial charge is 0.423 e. The minimum atomic E-state index is -4.91. The quantitative estimate of drug-likeness (QED) is 0.354. The van der Waals surface area contributed by atoms with E-state index in [0.29, 0.717) is 49.4 Å². The molecule has 2 aromatic heterocycles. The normalized spacial score (nSPS) is 16.2. The molecule has 0 bridgehead atoms. The number of carbonyl (C=O) groups excluding carboxylic acids is 1. The van der Waals surface area contributed by atoms with E-state index < -0.39 is 29.0 Å². The van der Waals surface area contributed by atoms with Gasteiger partial charge in [0.1, 0.15) is 17.9 Å². The Morgan fingerprint density at radius 2 is 1.74 bits per heavy atom. The summed E-state index contributed by atoms with van der Waals surface area (Å²) in [7, 11) is 1.50. The van der Waals surface area contributed by atoms with Crippen LogP contribution < -0.4 is 20.5 Å². The number of halogens is 3. The van der Waals surface area contributed by atoms with Gasteiger partial charge in [-0.2, -0.15) is 18.3 Å². The van der Waals surface area contributed by atoms with Crippen LogP contribution in [-0.2, 0) is 22.3 Å². The largest absolute Gasteiger partial charge is 0.497 e. The summed E-state index contributed by atoms with van der Waals surface area (Å²) < 4.78 is 53.2. The van der Waals surface area contributed by atoms with Crippen molar-refractivity contribution < 1.29 is 27.4 Å². The molecule has 3 aromatic rings. The second-order valence-corrected chi connectivity index (χ2v) is 10.8. The zero-order valence-corrected chi connectivity index (χ0v) is 24.0. The summed E-state index contributed by atoms with van der Waals surface area (Å²) in [4.78, 5) is 38.1. The van der Waals surface area contributed by atoms with Gasteiger partial charge in [-0.05, 0) is 48.9 Å². The third kappa shape index (κ3) is 7.61. The van der Waals surface area contributed by atoms with Gasteiger partial charge < -0.3 is 24.6 Å². The number of carbonyl (C=O) groups is 1. The Kier molecular flexibility index (Phi) is 9.14. The summed E-state index contributed by atoms with van der Waals surface area (Å²) in [5, 5.41) is 6.62. The molecule has 2 fully saturated rings. The van der Waals surface area contributed by atoms with Gasteiger partial charge in [-0.15, -0.1) is 0 Å². The van der Waals surface area contributed by atoms with E-state index in [2.05, 4.69) is 20.4 Å². The zero-order chi connectivity index (χ0) is 30.6. The maximum atomic E-state index is 13.9. The molecule has 1 aliphatic carbocycles. The van der Waals surface area contributed by atoms with Crippen molar-refractivity contribution in [3.05, 3.63) is 69.9 Å². The van der Waals surface area contributed by atoms with Crippen molar-refractivity contribution >= 4 is 17.5 Å². The molecule has 230 valence electrons. The predicted molar refractivity (Wildman–Crippen MR) is 152 cm³/mol. The number of alkyl halides is 3. The lowest BCUT2D eigenvalue weighted by atomic mass is 10.2. The maximum absolute atomic E-state index is 13.9. The van der Waals surface area contributed by atoms with E-state index in [1.165, 1.54) is 25.5 Å². The monoisotopic (exact) mass is 601 g/mol. The molecule has 1 atom stereocenters. The molecular weight excluding hydrogens is 567 g/mol. The highest BCUT2D eigenvalue weighted by molar-refractivity contribution is 5.77. The molecule has 14 heteroatoms. The number of anilines is 2. The first-order valence-corrected chi connectivity index (χ1v) is 14.1. The Hall–Kier alpha value is -4.20. The lowest BCUT2D eigenvalue weighted by Gasteiger charge is -2.34. The fourth-order valence-electron chi connectivity index (χ4n) is 4.89. The van der Waals surface area contributed by atoms with Gasteiger partial charge in [0, 0.05) is 44.6 Å². The van der Waals surface area contributed by atoms with Crippen LogP contribution in [0.5, 0.6) is 5.75 Å². The van der Waals surface area contributed by atoms with Crippen LogP contribution in [0.2, 0.25) is 0 Å². The standard InChI is InChI=1S/C29H34F3N7O4/c1-19(17-43-18-25(40)37-9-11-38(12-10-37)28-33-13-22(14-34-28)21-5-6-21)36-24-15-35-39(27(41)26(24)29(30,31)32)16-20-3-7-23(42-2)8-4-20/h3-4,7-8,13-15,19,21,36H,5-6,9-12,16-18H2,1-2H3. The van der Waals surface area contributed by atoms with Crippen molar-refractivity contribution in [3.8, 4) is 5.75 Å². The van der Waals surface area contributed by atoms with Crippen molar-refractivity contribution in [2.45, 2.75) is 44.4 Å². The molecule has 11 nitrogen and oxygen atoms in total. The molecule has 0 spiro atoms. The molecule has 2 aliphatic rings. The minimum Gasteiger partial charge on any atom is -0.497 e. The fraction of sp³-hybridized carbons (Fsp3) is 0.483. The molecule has 0 radical (unpaired) electrons. The van der Waals surface area contributed by atoms with Gasteiger partial charge in [-0.3, -0.25) is 9.59 Å². The average Bonchev–Trinajstić information content (AvgIpc) is 3.84. The Labute approximate surface area is 246 Å². The Balaban J connectivity index is 1.11. The number of nitrogens with one attached hydrogen (secondary N) is 1. The summed E-state index contributed by atoms with van der Waals surface area (Å²) in [5.74, 6) is 1.61. The molecule has 1 saturated carbocycles. The first kappa shape index (κ1) is 30.3. The molecule has 1 amide bonds. The number of ether oxygens (including phenoxy) is 2. The van der Waals surface area contributed by atoms with E-state index in [9.17, 15) is 22.8 Å². The van der Waals surface area contributed by atoms with Crippen molar-refractivity contribution in [3.63, 3.8) is 0 Å². The van der Waals surface area contributed by atoms with Gasteiger partial charge in [0.2, 0.25) is 11.9 Å². The Morgan fingerprint density at radius 3 is 2.35 bits per heavy atom. The molecule has 1 aromatic carbocycles. The fourth-order valence-corrected chi connectivity index (χ4v) is 4.89. The molecule has 5 rings (SSSR count). The van der Waals surface area contributed by atoms with E-state index in [-0.39, 0.29) is 25.7 Å². The SMILES string of the molecule is COc1ccc(Cn2ncc(NC(C)COCC(=O)N3CCN(c4ncc(C5CC5)cn4)CC3)c(C(F)(F)F)c2=O)cc1. The third-order valence-electron chi connectivity index (χ3n) is 7.44. The molecule has 1 unspecified atom stereocenters. The highest BCUT2D eigenvalue weighted by Crippen LogP contribution is 2.39. The van der Waals surface area contributed by atoms with Gasteiger partial charge in [0.25, 0.3) is 5.56 Å². The number of aromatic nitrogens is 4. The first-order valence-electron chi connectivity index (χ1n) is 14.1. The number of hydrogen-bond donors (Lipinski definition) is 1. The zero-order valence-electron chi connectivity index (χ0n) is 24.0. The van der Waals surface area contributed by atoms with Crippen molar-refractivity contribution in [1.82, 2.24) is 24.6 Å². The topological polar surface area (TPSA) is 115 Å². The van der Waals surface area contributed by atoms with Crippen molar-refractivity contribution in [1.29, 1.82) is 0 Å². The summed E-state index contributed by atoms with van der Waals surface area (Å²) in [6.07, 6.45) is 2.20. The van der Waals surface area contributed by atoms with E-state index in [0.717, 1.165) is 10.9 Å². The van der Waals surface area contributed by atoms with Gasteiger partial charge in [-0.1, -0.05) is 12.1 Å². The van der Waals surface area contributed by atoms with Crippen LogP contribution >= 0.6 is 0 Å². The Bertz CT molecular complexity index is 1450. The molecule has 3 heterocycles. The van der Waals surface area contributed by atoms with Crippen LogP contribution in [0.4, 0.5) is 24.8 Å². The number of rotatable bonds is 11. The average molecular weight is 602 g/mol. The van der Waals surface area contributed by atoms with E-state index in [1.807, 2.05) is 17.3 Å². The van der Waals surface area contributed by atoms with Crippen LogP contribution in [0.15, 0.2) is 47.7 Å². The van der Waals surface area contributed by atoms with Crippen molar-refractivity contribution in [2.24, 2.45) is 0 Å². The molecule has 43 heavy (non-hydrogen) atoms. The lowest BCUT2D eigenvalue weighted by Crippen LogP contribution is -2.50. The van der Waals surface area contributed by atoms with Crippen LogP contribution in [0, 0.1) is 0 Å². The highest BCUT2D eigenvalue weighted by Gasteiger charge is 2.38. The minimum absolute atomic E-state index is 0.0564. The van der Waals surface area contributed by atoms with Gasteiger partial charge in [0.05, 0.1) is 32.1 Å². The Morgan fingerprint density at radius 1 is 1.07 bits per heavy atom. The first-order chi connectivity index (χ1) is 20.6. The number of hydrogen-bond acceptors (Lipinski definition) is 9. The molecule has 1 N–H and O–H groups in total.